The predicted octanol–water partition coefficient (Wildman–Crippen LogP) is 1.01. The van der Waals surface area contributed by atoms with Crippen LogP contribution < -0.4 is 32.0 Å². The minimum Gasteiger partial charge on any atom is -0.366 e. The molecule has 1 fully saturated rings. The van der Waals surface area contributed by atoms with Crippen LogP contribution in [0.2, 0.25) is 0 Å². The minimum atomic E-state index is -0.226. The lowest BCUT2D eigenvalue weighted by Gasteiger charge is -2.31. The van der Waals surface area contributed by atoms with E-state index in [1.807, 2.05) is 36.2 Å². The molecule has 0 bridgehead atoms. The van der Waals surface area contributed by atoms with Crippen LogP contribution in [0.25, 0.3) is 10.2 Å². The summed E-state index contributed by atoms with van der Waals surface area (Å²) in [6.45, 7) is 1.94. The number of H-pyrrole nitrogens is 1. The zero-order valence-corrected chi connectivity index (χ0v) is 18.0. The zero-order chi connectivity index (χ0) is 21.5. The van der Waals surface area contributed by atoms with Crippen molar-refractivity contribution < 1.29 is 4.79 Å². The standard InChI is InChI=1S/C20H26N8O2S/c1-22-11-4-6-27(7-5-11)19(29)15-9-13-17(23-10-24-18(13)28(15)21)25-12-2-3-14-16(8-12)31-20(30)26-14/h2-3,8-9,11,17,22-25H,4-7,10,21H2,1H3,(H,26,30). The first-order valence-corrected chi connectivity index (χ1v) is 11.2. The van der Waals surface area contributed by atoms with Crippen molar-refractivity contribution in [3.63, 3.8) is 0 Å². The van der Waals surface area contributed by atoms with Crippen LogP contribution in [-0.2, 0) is 0 Å². The van der Waals surface area contributed by atoms with Gasteiger partial charge in [0.2, 0.25) is 0 Å². The number of anilines is 2. The lowest BCUT2D eigenvalue weighted by Crippen LogP contribution is -2.44. The average Bonchev–Trinajstić information content (AvgIpc) is 3.32. The first-order valence-electron chi connectivity index (χ1n) is 10.4. The van der Waals surface area contributed by atoms with Gasteiger partial charge in [0.05, 0.1) is 16.9 Å². The van der Waals surface area contributed by atoms with E-state index in [4.69, 9.17) is 5.84 Å². The van der Waals surface area contributed by atoms with Gasteiger partial charge in [-0.3, -0.25) is 14.9 Å². The van der Waals surface area contributed by atoms with Crippen molar-refractivity contribution in [1.82, 2.24) is 25.2 Å². The van der Waals surface area contributed by atoms with Gasteiger partial charge in [0.25, 0.3) is 5.91 Å². The van der Waals surface area contributed by atoms with E-state index in [-0.39, 0.29) is 16.9 Å². The lowest BCUT2D eigenvalue weighted by atomic mass is 10.0. The first kappa shape index (κ1) is 19.9. The number of amides is 1. The van der Waals surface area contributed by atoms with Gasteiger partial charge >= 0.3 is 4.87 Å². The van der Waals surface area contributed by atoms with Crippen LogP contribution in [-0.4, -0.2) is 53.3 Å². The van der Waals surface area contributed by atoms with Crippen molar-refractivity contribution in [3.05, 3.63) is 45.2 Å². The minimum absolute atomic E-state index is 0.0504. The van der Waals surface area contributed by atoms with Crippen molar-refractivity contribution in [1.29, 1.82) is 0 Å². The highest BCUT2D eigenvalue weighted by Gasteiger charge is 2.30. The normalized spacial score (nSPS) is 19.3. The number of aromatic nitrogens is 2. The second kappa shape index (κ2) is 7.91. The number of fused-ring (bicyclic) bond motifs is 2. The van der Waals surface area contributed by atoms with Crippen LogP contribution in [0.4, 0.5) is 11.5 Å². The second-order valence-corrected chi connectivity index (χ2v) is 8.93. The molecule has 0 aliphatic carbocycles. The van der Waals surface area contributed by atoms with Gasteiger partial charge in [-0.15, -0.1) is 0 Å². The van der Waals surface area contributed by atoms with Crippen LogP contribution in [0.5, 0.6) is 0 Å². The predicted molar refractivity (Wildman–Crippen MR) is 123 cm³/mol. The summed E-state index contributed by atoms with van der Waals surface area (Å²) in [5.41, 5.74) is 3.04. The maximum Gasteiger partial charge on any atom is 0.305 e. The number of benzene rings is 1. The maximum atomic E-state index is 13.2. The Labute approximate surface area is 182 Å². The molecular weight excluding hydrogens is 416 g/mol. The van der Waals surface area contributed by atoms with E-state index < -0.39 is 0 Å². The molecule has 1 saturated heterocycles. The number of likely N-dealkylation sites (tertiary alicyclic amines) is 1. The van der Waals surface area contributed by atoms with Crippen molar-refractivity contribution in [2.75, 3.05) is 43.3 Å². The topological polar surface area (TPSA) is 132 Å². The third-order valence-corrected chi connectivity index (χ3v) is 6.93. The number of hydrogen-bond acceptors (Lipinski definition) is 8. The number of hydrogen-bond donors (Lipinski definition) is 6. The summed E-state index contributed by atoms with van der Waals surface area (Å²) in [4.78, 5) is 29.3. The summed E-state index contributed by atoms with van der Waals surface area (Å²) in [5, 5.41) is 13.3. The number of carbonyl (C=O) groups excluding carboxylic acids is 1. The number of carbonyl (C=O) groups is 1. The molecule has 2 aromatic heterocycles. The number of nitrogen functional groups attached to an aromatic ring is 1. The number of rotatable bonds is 4. The molecule has 1 unspecified atom stereocenters. The van der Waals surface area contributed by atoms with E-state index in [2.05, 4.69) is 26.3 Å². The van der Waals surface area contributed by atoms with Gasteiger partial charge < -0.3 is 31.7 Å². The van der Waals surface area contributed by atoms with Crippen LogP contribution in [0, 0.1) is 0 Å². The monoisotopic (exact) mass is 442 g/mol. The fourth-order valence-electron chi connectivity index (χ4n) is 4.33. The van der Waals surface area contributed by atoms with Crippen molar-refractivity contribution in [3.8, 4) is 0 Å². The fourth-order valence-corrected chi connectivity index (χ4v) is 5.10. The van der Waals surface area contributed by atoms with Crippen LogP contribution in [0.3, 0.4) is 0 Å². The molecule has 31 heavy (non-hydrogen) atoms. The summed E-state index contributed by atoms with van der Waals surface area (Å²) >= 11 is 1.18. The molecular formula is C20H26N8O2S. The summed E-state index contributed by atoms with van der Waals surface area (Å²) < 4.78 is 2.35. The molecule has 0 radical (unpaired) electrons. The Morgan fingerprint density at radius 1 is 1.26 bits per heavy atom. The molecule has 2 aliphatic heterocycles. The number of nitrogens with two attached hydrogens (primary N) is 1. The molecule has 0 saturated carbocycles. The van der Waals surface area contributed by atoms with Crippen molar-refractivity contribution in [2.24, 2.45) is 0 Å². The Balaban J connectivity index is 1.39. The average molecular weight is 443 g/mol. The SMILES string of the molecule is CNC1CCN(C(=O)c2cc3c(n2N)NCNC3Nc2ccc3[nH]c(=O)sc3c2)CC1. The highest BCUT2D eigenvalue weighted by molar-refractivity contribution is 7.16. The number of aromatic amines is 1. The number of nitrogens with zero attached hydrogens (tertiary/aromatic N) is 2. The molecule has 5 rings (SSSR count). The molecule has 1 atom stereocenters. The third-order valence-electron chi connectivity index (χ3n) is 6.08. The molecule has 10 nitrogen and oxygen atoms in total. The van der Waals surface area contributed by atoms with Gasteiger partial charge in [0.15, 0.2) is 0 Å². The lowest BCUT2D eigenvalue weighted by molar-refractivity contribution is 0.0698. The molecule has 7 N–H and O–H groups in total. The van der Waals surface area contributed by atoms with Crippen LogP contribution in [0.1, 0.15) is 35.1 Å². The largest absolute Gasteiger partial charge is 0.366 e. The van der Waals surface area contributed by atoms with Gasteiger partial charge in [-0.05, 0) is 44.2 Å². The Hall–Kier alpha value is -3.02. The van der Waals surface area contributed by atoms with Crippen molar-refractivity contribution >= 4 is 39.0 Å². The van der Waals surface area contributed by atoms with E-state index in [9.17, 15) is 9.59 Å². The van der Waals surface area contributed by atoms with Gasteiger partial charge in [0, 0.05) is 30.4 Å². The number of nitrogens with one attached hydrogen (secondary N) is 5. The zero-order valence-electron chi connectivity index (χ0n) is 17.2. The second-order valence-electron chi connectivity index (χ2n) is 7.92. The van der Waals surface area contributed by atoms with E-state index in [1.165, 1.54) is 16.0 Å². The quantitative estimate of drug-likeness (QED) is 0.332. The Kier molecular flexibility index (Phi) is 5.08. The van der Waals surface area contributed by atoms with E-state index in [0.29, 0.717) is 31.5 Å². The van der Waals surface area contributed by atoms with E-state index in [0.717, 1.165) is 40.1 Å². The van der Waals surface area contributed by atoms with Gasteiger partial charge in [-0.25, -0.2) is 4.68 Å². The summed E-state index contributed by atoms with van der Waals surface area (Å²) in [6, 6.07) is 8.06. The van der Waals surface area contributed by atoms with Crippen LogP contribution >= 0.6 is 11.3 Å². The maximum absolute atomic E-state index is 13.2. The van der Waals surface area contributed by atoms with E-state index >= 15 is 0 Å². The summed E-state index contributed by atoms with van der Waals surface area (Å²) in [6.07, 6.45) is 1.64. The molecule has 1 amide bonds. The third kappa shape index (κ3) is 3.64. The highest BCUT2D eigenvalue weighted by atomic mass is 32.1. The van der Waals surface area contributed by atoms with Gasteiger partial charge in [-0.2, -0.15) is 0 Å². The highest BCUT2D eigenvalue weighted by Crippen LogP contribution is 2.31. The Morgan fingerprint density at radius 3 is 2.84 bits per heavy atom. The van der Waals surface area contributed by atoms with Crippen molar-refractivity contribution in [2.45, 2.75) is 25.0 Å². The summed E-state index contributed by atoms with van der Waals surface area (Å²) in [5.74, 6) is 6.99. The molecule has 0 spiro atoms. The Bertz CT molecular complexity index is 1170. The molecule has 164 valence electrons. The smallest absolute Gasteiger partial charge is 0.305 e. The fraction of sp³-hybridized carbons (Fsp3) is 0.400. The number of thiazole rings is 1. The molecule has 2 aliphatic rings. The number of piperidine rings is 1. The summed E-state index contributed by atoms with van der Waals surface area (Å²) in [7, 11) is 1.96. The molecule has 3 aromatic rings. The van der Waals surface area contributed by atoms with Gasteiger partial charge in [0.1, 0.15) is 17.7 Å². The van der Waals surface area contributed by atoms with Gasteiger partial charge in [-0.1, -0.05) is 11.3 Å². The molecule has 1 aromatic carbocycles. The molecule has 11 heteroatoms. The molecule has 4 heterocycles. The van der Waals surface area contributed by atoms with Crippen LogP contribution in [0.15, 0.2) is 29.1 Å². The Morgan fingerprint density at radius 2 is 2.06 bits per heavy atom. The van der Waals surface area contributed by atoms with E-state index in [1.54, 1.807) is 0 Å². The first-order chi connectivity index (χ1) is 15.0.